The maximum atomic E-state index is 12.6. The van der Waals surface area contributed by atoms with Crippen LogP contribution in [0.2, 0.25) is 0 Å². The number of aliphatic hydroxyl groups is 2. The van der Waals surface area contributed by atoms with Gasteiger partial charge in [0.1, 0.15) is 0 Å². The van der Waals surface area contributed by atoms with Crippen LogP contribution in [0.15, 0.2) is 0 Å². The fourth-order valence-electron chi connectivity index (χ4n) is 1.97. The Balaban J connectivity index is 2.60. The van der Waals surface area contributed by atoms with Gasteiger partial charge < -0.3 is 15.1 Å². The van der Waals surface area contributed by atoms with Gasteiger partial charge >= 0.3 is 0 Å². The number of carbonyl (C=O) groups excluding carboxylic acids is 1. The lowest BCUT2D eigenvalue weighted by atomic mass is 9.92. The van der Waals surface area contributed by atoms with Crippen LogP contribution in [0.1, 0.15) is 26.2 Å². The number of nitrogens with zero attached hydrogens (tertiary/aromatic N) is 1. The summed E-state index contributed by atoms with van der Waals surface area (Å²) in [4.78, 5) is 12.9. The predicted octanol–water partition coefficient (Wildman–Crippen LogP) is 0.622. The second-order valence-electron chi connectivity index (χ2n) is 4.46. The summed E-state index contributed by atoms with van der Waals surface area (Å²) in [5, 5.41) is 18.9. The zero-order valence-electron chi connectivity index (χ0n) is 9.85. The number of hydrogen-bond donors (Lipinski definition) is 2. The van der Waals surface area contributed by atoms with Crippen LogP contribution in [0.3, 0.4) is 0 Å². The Labute approximate surface area is 99.2 Å². The van der Waals surface area contributed by atoms with Gasteiger partial charge in [-0.05, 0) is 6.42 Å². The molecule has 1 saturated heterocycles. The van der Waals surface area contributed by atoms with Gasteiger partial charge in [-0.1, -0.05) is 13.3 Å². The van der Waals surface area contributed by atoms with Crippen molar-refractivity contribution in [2.45, 2.75) is 44.8 Å². The molecule has 1 amide bonds. The standard InChI is InChI=1S/C11H19F2NO3/c1-2-3-4-9(16)14-5-7(11(12)13)10(17)8(15)6-14/h7-8,10-11,15,17H,2-6H2,1H3. The van der Waals surface area contributed by atoms with E-state index in [1.54, 1.807) is 0 Å². The lowest BCUT2D eigenvalue weighted by Crippen LogP contribution is -2.56. The van der Waals surface area contributed by atoms with Crippen LogP contribution in [0.25, 0.3) is 0 Å². The van der Waals surface area contributed by atoms with E-state index in [1.165, 1.54) is 4.90 Å². The van der Waals surface area contributed by atoms with Gasteiger partial charge in [0.05, 0.1) is 18.1 Å². The molecular weight excluding hydrogens is 232 g/mol. The van der Waals surface area contributed by atoms with E-state index in [0.717, 1.165) is 6.42 Å². The van der Waals surface area contributed by atoms with Crippen molar-refractivity contribution >= 4 is 5.91 Å². The van der Waals surface area contributed by atoms with Gasteiger partial charge in [0.15, 0.2) is 0 Å². The van der Waals surface area contributed by atoms with Crippen molar-refractivity contribution in [2.75, 3.05) is 13.1 Å². The third-order valence-corrected chi connectivity index (χ3v) is 3.09. The molecule has 0 spiro atoms. The minimum Gasteiger partial charge on any atom is -0.390 e. The molecule has 3 unspecified atom stereocenters. The van der Waals surface area contributed by atoms with Crippen LogP contribution in [0, 0.1) is 5.92 Å². The number of likely N-dealkylation sites (tertiary alicyclic amines) is 1. The first-order valence-electron chi connectivity index (χ1n) is 5.89. The molecule has 0 bridgehead atoms. The Hall–Kier alpha value is -0.750. The minimum absolute atomic E-state index is 0.0626. The first kappa shape index (κ1) is 14.3. The van der Waals surface area contributed by atoms with Crippen molar-refractivity contribution in [3.63, 3.8) is 0 Å². The highest BCUT2D eigenvalue weighted by molar-refractivity contribution is 5.76. The van der Waals surface area contributed by atoms with Crippen LogP contribution in [-0.4, -0.2) is 52.7 Å². The second kappa shape index (κ2) is 6.26. The average Bonchev–Trinajstić information content (AvgIpc) is 2.28. The van der Waals surface area contributed by atoms with Gasteiger partial charge in [-0.25, -0.2) is 8.78 Å². The molecule has 17 heavy (non-hydrogen) atoms. The van der Waals surface area contributed by atoms with Gasteiger partial charge in [0.25, 0.3) is 0 Å². The minimum atomic E-state index is -2.73. The number of halogens is 2. The highest BCUT2D eigenvalue weighted by atomic mass is 19.3. The number of rotatable bonds is 4. The summed E-state index contributed by atoms with van der Waals surface area (Å²) in [7, 11) is 0. The van der Waals surface area contributed by atoms with Crippen LogP contribution in [-0.2, 0) is 4.79 Å². The Morgan fingerprint density at radius 2 is 2.06 bits per heavy atom. The predicted molar refractivity (Wildman–Crippen MR) is 57.6 cm³/mol. The summed E-state index contributed by atoms with van der Waals surface area (Å²) in [5.41, 5.74) is 0. The van der Waals surface area contributed by atoms with Crippen molar-refractivity contribution < 1.29 is 23.8 Å². The molecule has 4 nitrogen and oxygen atoms in total. The van der Waals surface area contributed by atoms with Gasteiger partial charge in [0.2, 0.25) is 12.3 Å². The maximum Gasteiger partial charge on any atom is 0.245 e. The number of hydrogen-bond acceptors (Lipinski definition) is 3. The molecule has 100 valence electrons. The van der Waals surface area contributed by atoms with Crippen LogP contribution >= 0.6 is 0 Å². The number of unbranched alkanes of at least 4 members (excludes halogenated alkanes) is 1. The molecule has 0 saturated carbocycles. The molecular formula is C11H19F2NO3. The van der Waals surface area contributed by atoms with Crippen molar-refractivity contribution in [2.24, 2.45) is 5.92 Å². The number of amides is 1. The van der Waals surface area contributed by atoms with Crippen LogP contribution < -0.4 is 0 Å². The second-order valence-corrected chi connectivity index (χ2v) is 4.46. The van der Waals surface area contributed by atoms with Crippen molar-refractivity contribution in [3.8, 4) is 0 Å². The topological polar surface area (TPSA) is 60.8 Å². The Kier molecular flexibility index (Phi) is 5.27. The smallest absolute Gasteiger partial charge is 0.245 e. The molecule has 0 aromatic heterocycles. The zero-order valence-corrected chi connectivity index (χ0v) is 9.85. The van der Waals surface area contributed by atoms with Gasteiger partial charge in [-0.3, -0.25) is 4.79 Å². The average molecular weight is 251 g/mol. The van der Waals surface area contributed by atoms with Crippen molar-refractivity contribution in [1.29, 1.82) is 0 Å². The van der Waals surface area contributed by atoms with E-state index >= 15 is 0 Å². The van der Waals surface area contributed by atoms with Crippen LogP contribution in [0.4, 0.5) is 8.78 Å². The molecule has 0 aromatic carbocycles. The first-order valence-corrected chi connectivity index (χ1v) is 5.89. The molecule has 1 rings (SSSR count). The van der Waals surface area contributed by atoms with E-state index in [-0.39, 0.29) is 19.0 Å². The third-order valence-electron chi connectivity index (χ3n) is 3.09. The number of alkyl halides is 2. The first-order chi connectivity index (χ1) is 7.97. The zero-order chi connectivity index (χ0) is 13.0. The lowest BCUT2D eigenvalue weighted by Gasteiger charge is -2.39. The van der Waals surface area contributed by atoms with E-state index in [9.17, 15) is 23.8 Å². The Morgan fingerprint density at radius 3 is 2.59 bits per heavy atom. The van der Waals surface area contributed by atoms with Gasteiger partial charge in [-0.2, -0.15) is 0 Å². The van der Waals surface area contributed by atoms with E-state index in [4.69, 9.17) is 0 Å². The largest absolute Gasteiger partial charge is 0.390 e. The molecule has 0 aliphatic carbocycles. The number of aliphatic hydroxyl groups excluding tert-OH is 2. The monoisotopic (exact) mass is 251 g/mol. The molecule has 1 heterocycles. The highest BCUT2D eigenvalue weighted by Gasteiger charge is 2.40. The summed E-state index contributed by atoms with van der Waals surface area (Å²) in [6, 6.07) is 0. The fraction of sp³-hybridized carbons (Fsp3) is 0.909. The summed E-state index contributed by atoms with van der Waals surface area (Å²) < 4.78 is 25.2. The lowest BCUT2D eigenvalue weighted by molar-refractivity contribution is -0.150. The Morgan fingerprint density at radius 1 is 1.41 bits per heavy atom. The van der Waals surface area contributed by atoms with Gasteiger partial charge in [-0.15, -0.1) is 0 Å². The molecule has 1 fully saturated rings. The van der Waals surface area contributed by atoms with Crippen LogP contribution in [0.5, 0.6) is 0 Å². The summed E-state index contributed by atoms with van der Waals surface area (Å²) in [5.74, 6) is -1.59. The van der Waals surface area contributed by atoms with E-state index in [1.807, 2.05) is 6.92 Å². The summed E-state index contributed by atoms with van der Waals surface area (Å²) in [6.07, 6.45) is -3.62. The number of β-amino-alcohol motifs (C(OH)–C–C–N with tert-alkyl or cyclic N) is 1. The van der Waals surface area contributed by atoms with E-state index in [0.29, 0.717) is 12.8 Å². The normalized spacial score (nSPS) is 29.8. The number of piperidine rings is 1. The van der Waals surface area contributed by atoms with E-state index < -0.39 is 24.6 Å². The third kappa shape index (κ3) is 3.61. The summed E-state index contributed by atoms with van der Waals surface area (Å²) >= 11 is 0. The molecule has 3 atom stereocenters. The molecule has 0 aromatic rings. The van der Waals surface area contributed by atoms with Gasteiger partial charge in [0, 0.05) is 19.5 Å². The molecule has 1 aliphatic rings. The van der Waals surface area contributed by atoms with E-state index in [2.05, 4.69) is 0 Å². The summed E-state index contributed by atoms with van der Waals surface area (Å²) in [6.45, 7) is 1.69. The highest BCUT2D eigenvalue weighted by Crippen LogP contribution is 2.24. The van der Waals surface area contributed by atoms with Crippen molar-refractivity contribution in [3.05, 3.63) is 0 Å². The fourth-order valence-corrected chi connectivity index (χ4v) is 1.97. The molecule has 2 N–H and O–H groups in total. The molecule has 1 aliphatic heterocycles. The number of carbonyl (C=O) groups is 1. The molecule has 0 radical (unpaired) electrons. The quantitative estimate of drug-likeness (QED) is 0.770. The molecule has 6 heteroatoms. The Bertz CT molecular complexity index is 263. The SMILES string of the molecule is CCCCC(=O)N1CC(O)C(O)C(C(F)F)C1. The maximum absolute atomic E-state index is 12.6. The van der Waals surface area contributed by atoms with Crippen molar-refractivity contribution in [1.82, 2.24) is 4.90 Å².